The second-order valence-electron chi connectivity index (χ2n) is 2.27. The minimum absolute atomic E-state index is 0.0775. The average molecular weight is 130 g/mol. The Labute approximate surface area is 53.2 Å². The molecule has 1 aliphatic rings. The highest BCUT2D eigenvalue weighted by Gasteiger charge is 2.19. The molecule has 2 unspecified atom stereocenters. The van der Waals surface area contributed by atoms with Crippen LogP contribution in [0.2, 0.25) is 0 Å². The fraction of sp³-hybridized carbons (Fsp3) is 0.800. The van der Waals surface area contributed by atoms with Crippen LogP contribution in [0, 0.1) is 0 Å². The monoisotopic (exact) mass is 130 g/mol. The van der Waals surface area contributed by atoms with Crippen LogP contribution in [0.5, 0.6) is 0 Å². The minimum atomic E-state index is -0.672. The van der Waals surface area contributed by atoms with E-state index in [9.17, 15) is 4.79 Å². The van der Waals surface area contributed by atoms with E-state index in [2.05, 4.69) is 10.6 Å². The molecule has 1 saturated heterocycles. The van der Waals surface area contributed by atoms with Gasteiger partial charge in [-0.25, -0.2) is 4.79 Å². The van der Waals surface area contributed by atoms with Gasteiger partial charge in [0.2, 0.25) is 0 Å². The topological polar surface area (TPSA) is 61.4 Å². The van der Waals surface area contributed by atoms with Crippen molar-refractivity contribution in [2.45, 2.75) is 25.6 Å². The van der Waals surface area contributed by atoms with Gasteiger partial charge in [0.25, 0.3) is 0 Å². The molecule has 52 valence electrons. The molecule has 0 aliphatic carbocycles. The van der Waals surface area contributed by atoms with Crippen LogP contribution >= 0.6 is 0 Å². The second-order valence-corrected chi connectivity index (χ2v) is 2.27. The summed E-state index contributed by atoms with van der Waals surface area (Å²) in [7, 11) is 0. The zero-order valence-electron chi connectivity index (χ0n) is 5.22. The van der Waals surface area contributed by atoms with E-state index in [1.807, 2.05) is 6.92 Å². The van der Waals surface area contributed by atoms with Crippen LogP contribution in [0.1, 0.15) is 13.3 Å². The Morgan fingerprint density at radius 2 is 2.33 bits per heavy atom. The lowest BCUT2D eigenvalue weighted by Gasteiger charge is -2.24. The molecule has 0 saturated carbocycles. The van der Waals surface area contributed by atoms with Gasteiger partial charge in [-0.1, -0.05) is 0 Å². The van der Waals surface area contributed by atoms with Crippen molar-refractivity contribution in [3.63, 3.8) is 0 Å². The van der Waals surface area contributed by atoms with Crippen LogP contribution in [-0.2, 0) is 0 Å². The number of hydrogen-bond donors (Lipinski definition) is 3. The molecule has 0 radical (unpaired) electrons. The van der Waals surface area contributed by atoms with E-state index < -0.39 is 6.23 Å². The molecule has 1 fully saturated rings. The molecule has 2 atom stereocenters. The summed E-state index contributed by atoms with van der Waals surface area (Å²) in [6, 6.07) is -0.213. The predicted molar refractivity (Wildman–Crippen MR) is 31.8 cm³/mol. The second kappa shape index (κ2) is 2.23. The summed E-state index contributed by atoms with van der Waals surface area (Å²) in [5, 5.41) is 13.8. The van der Waals surface area contributed by atoms with E-state index in [1.54, 1.807) is 0 Å². The number of carbonyl (C=O) groups excluding carboxylic acids is 1. The van der Waals surface area contributed by atoms with Crippen molar-refractivity contribution in [3.8, 4) is 0 Å². The minimum Gasteiger partial charge on any atom is -0.374 e. The molecule has 3 N–H and O–H groups in total. The number of amides is 2. The highest BCUT2D eigenvalue weighted by atomic mass is 16.3. The van der Waals surface area contributed by atoms with Gasteiger partial charge in [-0.05, 0) is 6.92 Å². The normalized spacial score (nSPS) is 35.1. The zero-order valence-corrected chi connectivity index (χ0v) is 5.22. The number of nitrogens with one attached hydrogen (secondary N) is 2. The lowest BCUT2D eigenvalue weighted by atomic mass is 10.2. The van der Waals surface area contributed by atoms with Crippen LogP contribution in [-0.4, -0.2) is 23.4 Å². The lowest BCUT2D eigenvalue weighted by molar-refractivity contribution is 0.106. The van der Waals surface area contributed by atoms with E-state index in [1.165, 1.54) is 0 Å². The number of rotatable bonds is 0. The number of aliphatic hydroxyl groups excluding tert-OH is 1. The third kappa shape index (κ3) is 1.57. The fourth-order valence-corrected chi connectivity index (χ4v) is 0.870. The Morgan fingerprint density at radius 1 is 1.67 bits per heavy atom. The van der Waals surface area contributed by atoms with Gasteiger partial charge < -0.3 is 15.7 Å². The van der Waals surface area contributed by atoms with Crippen LogP contribution < -0.4 is 10.6 Å². The van der Waals surface area contributed by atoms with Crippen LogP contribution in [0.15, 0.2) is 0 Å². The predicted octanol–water partition coefficient (Wildman–Crippen LogP) is -0.604. The Kier molecular flexibility index (Phi) is 1.57. The highest BCUT2D eigenvalue weighted by molar-refractivity contribution is 5.75. The number of urea groups is 1. The Bertz CT molecular complexity index is 114. The summed E-state index contributed by atoms with van der Waals surface area (Å²) < 4.78 is 0. The first kappa shape index (κ1) is 6.35. The van der Waals surface area contributed by atoms with Gasteiger partial charge >= 0.3 is 6.03 Å². The molecule has 0 aromatic rings. The molecule has 0 spiro atoms. The summed E-state index contributed by atoms with van der Waals surface area (Å²) in [5.41, 5.74) is 0. The van der Waals surface area contributed by atoms with Crippen molar-refractivity contribution in [2.24, 2.45) is 0 Å². The molecule has 1 aliphatic heterocycles. The Hall–Kier alpha value is -0.770. The molecule has 2 amide bonds. The van der Waals surface area contributed by atoms with Crippen LogP contribution in [0.3, 0.4) is 0 Å². The van der Waals surface area contributed by atoms with Crippen molar-refractivity contribution < 1.29 is 9.90 Å². The SMILES string of the molecule is CC1CC(O)NC(=O)N1. The van der Waals surface area contributed by atoms with Gasteiger partial charge in [0.05, 0.1) is 0 Å². The average Bonchev–Trinajstić information content (AvgIpc) is 1.59. The van der Waals surface area contributed by atoms with Gasteiger partial charge in [-0.2, -0.15) is 0 Å². The largest absolute Gasteiger partial charge is 0.374 e. The maximum atomic E-state index is 10.5. The van der Waals surface area contributed by atoms with Crippen LogP contribution in [0.4, 0.5) is 4.79 Å². The van der Waals surface area contributed by atoms with Crippen molar-refractivity contribution in [1.29, 1.82) is 0 Å². The molecule has 0 aromatic heterocycles. The third-order valence-corrected chi connectivity index (χ3v) is 1.25. The maximum Gasteiger partial charge on any atom is 0.317 e. The summed E-state index contributed by atoms with van der Waals surface area (Å²) in [6.07, 6.45) is -0.0973. The first-order valence-corrected chi connectivity index (χ1v) is 2.93. The standard InChI is InChI=1S/C5H10N2O2/c1-3-2-4(8)7-5(9)6-3/h3-4,8H,2H2,1H3,(H2,6,7,9). The van der Waals surface area contributed by atoms with Gasteiger partial charge in [0.15, 0.2) is 0 Å². The first-order chi connectivity index (χ1) is 4.18. The molecule has 4 heteroatoms. The van der Waals surface area contributed by atoms with E-state index >= 15 is 0 Å². The smallest absolute Gasteiger partial charge is 0.317 e. The summed E-state index contributed by atoms with van der Waals surface area (Å²) >= 11 is 0. The molecule has 1 heterocycles. The van der Waals surface area contributed by atoms with Gasteiger partial charge in [0, 0.05) is 12.5 Å². The van der Waals surface area contributed by atoms with E-state index in [4.69, 9.17) is 5.11 Å². The Balaban J connectivity index is 2.43. The van der Waals surface area contributed by atoms with Gasteiger partial charge in [-0.15, -0.1) is 0 Å². The maximum absolute atomic E-state index is 10.5. The number of hydrogen-bond acceptors (Lipinski definition) is 2. The molecular weight excluding hydrogens is 120 g/mol. The highest BCUT2D eigenvalue weighted by Crippen LogP contribution is 1.99. The lowest BCUT2D eigenvalue weighted by Crippen LogP contribution is -2.53. The molecular formula is C5H10N2O2. The quantitative estimate of drug-likeness (QED) is 0.410. The molecule has 1 rings (SSSR count). The van der Waals surface area contributed by atoms with E-state index in [-0.39, 0.29) is 12.1 Å². The molecule has 0 aromatic carbocycles. The molecule has 4 nitrogen and oxygen atoms in total. The van der Waals surface area contributed by atoms with Gasteiger partial charge in [0.1, 0.15) is 6.23 Å². The number of carbonyl (C=O) groups is 1. The summed E-state index contributed by atoms with van der Waals surface area (Å²) in [5.74, 6) is 0. The Morgan fingerprint density at radius 3 is 2.78 bits per heavy atom. The van der Waals surface area contributed by atoms with E-state index in [0.29, 0.717) is 6.42 Å². The van der Waals surface area contributed by atoms with Crippen molar-refractivity contribution >= 4 is 6.03 Å². The number of aliphatic hydroxyl groups is 1. The van der Waals surface area contributed by atoms with E-state index in [0.717, 1.165) is 0 Å². The molecule has 9 heavy (non-hydrogen) atoms. The first-order valence-electron chi connectivity index (χ1n) is 2.93. The van der Waals surface area contributed by atoms with Crippen molar-refractivity contribution in [2.75, 3.05) is 0 Å². The zero-order chi connectivity index (χ0) is 6.85. The van der Waals surface area contributed by atoms with Crippen molar-refractivity contribution in [1.82, 2.24) is 10.6 Å². The van der Waals surface area contributed by atoms with Crippen molar-refractivity contribution in [3.05, 3.63) is 0 Å². The fourth-order valence-electron chi connectivity index (χ4n) is 0.870. The summed E-state index contributed by atoms with van der Waals surface area (Å²) in [6.45, 7) is 1.85. The van der Waals surface area contributed by atoms with Crippen LogP contribution in [0.25, 0.3) is 0 Å². The summed E-state index contributed by atoms with van der Waals surface area (Å²) in [4.78, 5) is 10.5. The molecule has 0 bridgehead atoms. The van der Waals surface area contributed by atoms with Gasteiger partial charge in [-0.3, -0.25) is 0 Å². The third-order valence-electron chi connectivity index (χ3n) is 1.25.